The van der Waals surface area contributed by atoms with Gasteiger partial charge in [-0.15, -0.1) is 0 Å². The van der Waals surface area contributed by atoms with Gasteiger partial charge in [0.15, 0.2) is 0 Å². The van der Waals surface area contributed by atoms with Gasteiger partial charge in [0.25, 0.3) is 0 Å². The number of nitrogens with zero attached hydrogens (tertiary/aromatic N) is 1. The summed E-state index contributed by atoms with van der Waals surface area (Å²) < 4.78 is 0. The van der Waals surface area contributed by atoms with Gasteiger partial charge < -0.3 is 15.5 Å². The van der Waals surface area contributed by atoms with Crippen molar-refractivity contribution < 1.29 is 4.79 Å². The lowest BCUT2D eigenvalue weighted by molar-refractivity contribution is -0.119. The molecule has 2 N–H and O–H groups in total. The van der Waals surface area contributed by atoms with E-state index in [1.54, 1.807) is 0 Å². The molecule has 2 fully saturated rings. The Labute approximate surface area is 146 Å². The van der Waals surface area contributed by atoms with Crippen LogP contribution in [0.3, 0.4) is 0 Å². The zero-order valence-electron chi connectivity index (χ0n) is 14.9. The summed E-state index contributed by atoms with van der Waals surface area (Å²) in [4.78, 5) is 14.8. The number of anilines is 1. The van der Waals surface area contributed by atoms with Gasteiger partial charge in [0.1, 0.15) is 0 Å². The summed E-state index contributed by atoms with van der Waals surface area (Å²) in [6, 6.07) is 8.54. The van der Waals surface area contributed by atoms with Crippen LogP contribution in [0.15, 0.2) is 24.3 Å². The lowest BCUT2D eigenvalue weighted by atomic mass is 9.89. The third-order valence-corrected chi connectivity index (χ3v) is 5.50. The Morgan fingerprint density at radius 3 is 2.58 bits per heavy atom. The van der Waals surface area contributed by atoms with Gasteiger partial charge in [-0.1, -0.05) is 25.5 Å². The third kappa shape index (κ3) is 4.58. The van der Waals surface area contributed by atoms with Crippen molar-refractivity contribution in [3.8, 4) is 0 Å². The highest BCUT2D eigenvalue weighted by Crippen LogP contribution is 2.29. The SMILES string of the molecule is CCCCN1CCC(c2ccc(NC(=O)C3CCNC3)cc2)CC1. The zero-order valence-corrected chi connectivity index (χ0v) is 14.9. The largest absolute Gasteiger partial charge is 0.326 e. The first-order valence-corrected chi connectivity index (χ1v) is 9.60. The molecular weight excluding hydrogens is 298 g/mol. The molecule has 0 aliphatic carbocycles. The van der Waals surface area contributed by atoms with E-state index in [0.717, 1.165) is 25.2 Å². The average molecular weight is 329 g/mol. The molecule has 0 radical (unpaired) electrons. The number of hydrogen-bond donors (Lipinski definition) is 2. The number of rotatable bonds is 6. The molecule has 2 aliphatic rings. The first-order chi connectivity index (χ1) is 11.8. The number of benzene rings is 1. The van der Waals surface area contributed by atoms with Gasteiger partial charge in [0, 0.05) is 12.2 Å². The highest BCUT2D eigenvalue weighted by Gasteiger charge is 2.23. The van der Waals surface area contributed by atoms with Crippen LogP contribution >= 0.6 is 0 Å². The second-order valence-corrected chi connectivity index (χ2v) is 7.27. The Morgan fingerprint density at radius 2 is 1.96 bits per heavy atom. The minimum Gasteiger partial charge on any atom is -0.326 e. The summed E-state index contributed by atoms with van der Waals surface area (Å²) in [6.45, 7) is 7.71. The molecule has 0 saturated carbocycles. The molecular formula is C20H31N3O. The maximum absolute atomic E-state index is 12.2. The third-order valence-electron chi connectivity index (χ3n) is 5.50. The zero-order chi connectivity index (χ0) is 16.8. The first-order valence-electron chi connectivity index (χ1n) is 9.60. The van der Waals surface area contributed by atoms with Gasteiger partial charge in [-0.2, -0.15) is 0 Å². The molecule has 4 nitrogen and oxygen atoms in total. The molecule has 2 aliphatic heterocycles. The van der Waals surface area contributed by atoms with Gasteiger partial charge in [0.05, 0.1) is 5.92 Å². The fourth-order valence-corrected chi connectivity index (χ4v) is 3.83. The molecule has 0 spiro atoms. The Morgan fingerprint density at radius 1 is 1.21 bits per heavy atom. The highest BCUT2D eigenvalue weighted by molar-refractivity contribution is 5.92. The van der Waals surface area contributed by atoms with Crippen LogP contribution in [0.25, 0.3) is 0 Å². The maximum Gasteiger partial charge on any atom is 0.228 e. The number of amides is 1. The fraction of sp³-hybridized carbons (Fsp3) is 0.650. The van der Waals surface area contributed by atoms with E-state index >= 15 is 0 Å². The van der Waals surface area contributed by atoms with E-state index in [0.29, 0.717) is 5.92 Å². The molecule has 2 heterocycles. The van der Waals surface area contributed by atoms with Crippen LogP contribution in [0.4, 0.5) is 5.69 Å². The molecule has 0 aromatic heterocycles. The number of carbonyl (C=O) groups is 1. The minimum atomic E-state index is 0.122. The smallest absolute Gasteiger partial charge is 0.228 e. The van der Waals surface area contributed by atoms with Crippen LogP contribution in [-0.2, 0) is 4.79 Å². The monoisotopic (exact) mass is 329 g/mol. The number of unbranched alkanes of at least 4 members (excludes halogenated alkanes) is 1. The van der Waals surface area contributed by atoms with Gasteiger partial charge in [0.2, 0.25) is 5.91 Å². The lowest BCUT2D eigenvalue weighted by Gasteiger charge is -2.32. The van der Waals surface area contributed by atoms with Gasteiger partial charge in [-0.25, -0.2) is 0 Å². The van der Waals surface area contributed by atoms with Crippen molar-refractivity contribution in [2.45, 2.75) is 44.9 Å². The molecule has 1 unspecified atom stereocenters. The van der Waals surface area contributed by atoms with E-state index in [-0.39, 0.29) is 11.8 Å². The Bertz CT molecular complexity index is 514. The number of hydrogen-bond acceptors (Lipinski definition) is 3. The highest BCUT2D eigenvalue weighted by atomic mass is 16.1. The van der Waals surface area contributed by atoms with Crippen LogP contribution in [0.1, 0.15) is 50.5 Å². The quantitative estimate of drug-likeness (QED) is 0.842. The van der Waals surface area contributed by atoms with Gasteiger partial charge in [-0.3, -0.25) is 4.79 Å². The second kappa shape index (κ2) is 8.63. The van der Waals surface area contributed by atoms with Crippen LogP contribution < -0.4 is 10.6 Å². The van der Waals surface area contributed by atoms with Crippen molar-refractivity contribution in [2.24, 2.45) is 5.92 Å². The summed E-state index contributed by atoms with van der Waals surface area (Å²) in [6.07, 6.45) is 6.05. The van der Waals surface area contributed by atoms with Gasteiger partial charge >= 0.3 is 0 Å². The predicted molar refractivity (Wildman–Crippen MR) is 99.4 cm³/mol. The summed E-state index contributed by atoms with van der Waals surface area (Å²) >= 11 is 0. The molecule has 24 heavy (non-hydrogen) atoms. The van der Waals surface area contributed by atoms with E-state index in [4.69, 9.17) is 0 Å². The normalized spacial score (nSPS) is 22.6. The van der Waals surface area contributed by atoms with Crippen molar-refractivity contribution in [3.63, 3.8) is 0 Å². The molecule has 132 valence electrons. The van der Waals surface area contributed by atoms with Crippen molar-refractivity contribution in [1.82, 2.24) is 10.2 Å². The van der Waals surface area contributed by atoms with Crippen LogP contribution in [0, 0.1) is 5.92 Å². The molecule has 0 bridgehead atoms. The molecule has 1 amide bonds. The summed E-state index contributed by atoms with van der Waals surface area (Å²) in [5.41, 5.74) is 2.35. The van der Waals surface area contributed by atoms with E-state index in [1.165, 1.54) is 50.9 Å². The Kier molecular flexibility index (Phi) is 6.27. The Balaban J connectivity index is 1.49. The van der Waals surface area contributed by atoms with Crippen LogP contribution in [0.5, 0.6) is 0 Å². The molecule has 1 aromatic carbocycles. The van der Waals surface area contributed by atoms with E-state index in [9.17, 15) is 4.79 Å². The maximum atomic E-state index is 12.2. The van der Waals surface area contributed by atoms with E-state index in [2.05, 4.69) is 46.7 Å². The number of carbonyl (C=O) groups excluding carboxylic acids is 1. The Hall–Kier alpha value is -1.39. The fourth-order valence-electron chi connectivity index (χ4n) is 3.83. The van der Waals surface area contributed by atoms with Crippen LogP contribution in [-0.4, -0.2) is 43.5 Å². The van der Waals surface area contributed by atoms with Crippen molar-refractivity contribution >= 4 is 11.6 Å². The molecule has 4 heteroatoms. The van der Waals surface area contributed by atoms with Crippen molar-refractivity contribution in [2.75, 3.05) is 38.0 Å². The summed E-state index contributed by atoms with van der Waals surface area (Å²) in [5, 5.41) is 6.30. The standard InChI is InChI=1S/C20H31N3O/c1-2-3-12-23-13-9-17(10-14-23)16-4-6-19(7-5-16)22-20(24)18-8-11-21-15-18/h4-7,17-18,21H,2-3,8-15H2,1H3,(H,22,24). The van der Waals surface area contributed by atoms with Crippen molar-refractivity contribution in [3.05, 3.63) is 29.8 Å². The second-order valence-electron chi connectivity index (χ2n) is 7.27. The molecule has 3 rings (SSSR count). The minimum absolute atomic E-state index is 0.122. The van der Waals surface area contributed by atoms with E-state index < -0.39 is 0 Å². The van der Waals surface area contributed by atoms with Gasteiger partial charge in [-0.05, 0) is 75.5 Å². The number of piperidine rings is 1. The summed E-state index contributed by atoms with van der Waals surface area (Å²) in [5.74, 6) is 0.945. The molecule has 1 atom stereocenters. The lowest BCUT2D eigenvalue weighted by Crippen LogP contribution is -2.33. The number of likely N-dealkylation sites (tertiary alicyclic amines) is 1. The van der Waals surface area contributed by atoms with E-state index in [1.807, 2.05) is 0 Å². The predicted octanol–water partition coefficient (Wildman–Crippen LogP) is 3.21. The first kappa shape index (κ1) is 17.4. The average Bonchev–Trinajstić information content (AvgIpc) is 3.16. The summed E-state index contributed by atoms with van der Waals surface area (Å²) in [7, 11) is 0. The number of nitrogens with one attached hydrogen (secondary N) is 2. The molecule has 2 saturated heterocycles. The molecule has 1 aromatic rings. The van der Waals surface area contributed by atoms with Crippen molar-refractivity contribution in [1.29, 1.82) is 0 Å². The van der Waals surface area contributed by atoms with Crippen LogP contribution in [0.2, 0.25) is 0 Å². The topological polar surface area (TPSA) is 44.4 Å².